The van der Waals surface area contributed by atoms with Crippen LogP contribution in [0.15, 0.2) is 53.7 Å². The van der Waals surface area contributed by atoms with Gasteiger partial charge in [0, 0.05) is 23.6 Å². The third-order valence-corrected chi connectivity index (χ3v) is 5.43. The number of rotatable bonds is 7. The Balaban J connectivity index is 2.05. The van der Waals surface area contributed by atoms with Crippen molar-refractivity contribution in [3.63, 3.8) is 0 Å². The maximum atomic E-state index is 13.7. The lowest BCUT2D eigenvalue weighted by molar-refractivity contribution is -0.141. The average molecular weight is 443 g/mol. The van der Waals surface area contributed by atoms with Crippen LogP contribution in [0.1, 0.15) is 44.2 Å². The number of nitrogens with zero attached hydrogens (tertiary/aromatic N) is 1. The highest BCUT2D eigenvalue weighted by Gasteiger charge is 2.38. The number of hydrogen-bond donors (Lipinski definition) is 0. The summed E-state index contributed by atoms with van der Waals surface area (Å²) in [7, 11) is 1.53. The van der Waals surface area contributed by atoms with E-state index in [1.807, 2.05) is 32.0 Å². The van der Waals surface area contributed by atoms with Gasteiger partial charge in [0.15, 0.2) is 11.6 Å². The minimum absolute atomic E-state index is 0.0153. The van der Waals surface area contributed by atoms with Gasteiger partial charge in [-0.3, -0.25) is 4.79 Å². The summed E-state index contributed by atoms with van der Waals surface area (Å²) >= 11 is 0. The molecule has 0 spiro atoms. The number of benzene rings is 2. The number of methoxy groups -OCH3 is 1. The third-order valence-electron chi connectivity index (χ3n) is 5.43. The minimum atomic E-state index is -0.989. The van der Waals surface area contributed by atoms with E-state index >= 15 is 0 Å². The van der Waals surface area contributed by atoms with Gasteiger partial charge < -0.3 is 14.4 Å². The maximum absolute atomic E-state index is 13.7. The third kappa shape index (κ3) is 4.98. The number of ether oxygens (including phenoxy) is 2. The van der Waals surface area contributed by atoms with Crippen molar-refractivity contribution in [3.05, 3.63) is 76.5 Å². The van der Waals surface area contributed by atoms with Crippen molar-refractivity contribution in [3.8, 4) is 5.75 Å². The molecule has 1 aliphatic rings. The number of halogens is 2. The largest absolute Gasteiger partial charge is 0.496 e. The van der Waals surface area contributed by atoms with Crippen LogP contribution < -0.4 is 4.74 Å². The van der Waals surface area contributed by atoms with Crippen LogP contribution in [-0.2, 0) is 20.9 Å². The summed E-state index contributed by atoms with van der Waals surface area (Å²) in [6, 6.07) is 10.7. The van der Waals surface area contributed by atoms with E-state index in [1.54, 1.807) is 13.0 Å². The first-order valence-electron chi connectivity index (χ1n) is 10.5. The van der Waals surface area contributed by atoms with Gasteiger partial charge in [-0.2, -0.15) is 0 Å². The number of allylic oxidation sites excluding steroid dienone is 1. The molecule has 2 aromatic carbocycles. The second-order valence-electron chi connectivity index (χ2n) is 8.22. The molecule has 0 fully saturated rings. The van der Waals surface area contributed by atoms with Crippen LogP contribution >= 0.6 is 0 Å². The molecule has 32 heavy (non-hydrogen) atoms. The van der Waals surface area contributed by atoms with Gasteiger partial charge in [0.25, 0.3) is 0 Å². The molecule has 1 unspecified atom stereocenters. The van der Waals surface area contributed by atoms with E-state index in [2.05, 4.69) is 0 Å². The lowest BCUT2D eigenvalue weighted by Gasteiger charge is -2.35. The lowest BCUT2D eigenvalue weighted by Crippen LogP contribution is -2.38. The van der Waals surface area contributed by atoms with Crippen LogP contribution in [0.3, 0.4) is 0 Å². The van der Waals surface area contributed by atoms with E-state index < -0.39 is 23.5 Å². The van der Waals surface area contributed by atoms with Crippen molar-refractivity contribution in [2.45, 2.75) is 39.7 Å². The van der Waals surface area contributed by atoms with Crippen LogP contribution in [0.4, 0.5) is 8.78 Å². The number of esters is 1. The molecule has 3 rings (SSSR count). The van der Waals surface area contributed by atoms with Gasteiger partial charge in [0.05, 0.1) is 25.8 Å². The quantitative estimate of drug-likeness (QED) is 0.568. The van der Waals surface area contributed by atoms with Gasteiger partial charge >= 0.3 is 5.97 Å². The molecule has 1 atom stereocenters. The highest BCUT2D eigenvalue weighted by atomic mass is 19.2. The van der Waals surface area contributed by atoms with E-state index in [9.17, 15) is 18.4 Å². The molecular weight excluding hydrogens is 416 g/mol. The minimum Gasteiger partial charge on any atom is -0.496 e. The number of amides is 1. The Labute approximate surface area is 186 Å². The zero-order chi connectivity index (χ0) is 23.4. The summed E-state index contributed by atoms with van der Waals surface area (Å²) in [5.41, 5.74) is 1.92. The summed E-state index contributed by atoms with van der Waals surface area (Å²) in [4.78, 5) is 27.7. The first kappa shape index (κ1) is 23.4. The van der Waals surface area contributed by atoms with Crippen LogP contribution in [-0.4, -0.2) is 30.5 Å². The fourth-order valence-corrected chi connectivity index (χ4v) is 3.83. The number of carbonyl (C=O) groups excluding carboxylic acids is 2. The number of carbonyl (C=O) groups is 2. The summed E-state index contributed by atoms with van der Waals surface area (Å²) in [5.74, 6) is -2.51. The van der Waals surface area contributed by atoms with Crippen molar-refractivity contribution < 1.29 is 27.8 Å². The van der Waals surface area contributed by atoms with Crippen molar-refractivity contribution in [2.75, 3.05) is 13.7 Å². The molecule has 0 bridgehead atoms. The average Bonchev–Trinajstić information content (AvgIpc) is 2.76. The van der Waals surface area contributed by atoms with E-state index in [1.165, 1.54) is 18.1 Å². The molecule has 0 saturated heterocycles. The first-order chi connectivity index (χ1) is 15.2. The van der Waals surface area contributed by atoms with Gasteiger partial charge in [-0.15, -0.1) is 0 Å². The molecule has 1 amide bonds. The molecule has 0 radical (unpaired) electrons. The van der Waals surface area contributed by atoms with Gasteiger partial charge in [0.1, 0.15) is 5.75 Å². The second-order valence-corrected chi connectivity index (χ2v) is 8.22. The Hall–Kier alpha value is -3.22. The monoisotopic (exact) mass is 443 g/mol. The molecule has 1 heterocycles. The normalized spacial score (nSPS) is 16.5. The Kier molecular flexibility index (Phi) is 7.28. The molecule has 7 heteroatoms. The number of hydrogen-bond acceptors (Lipinski definition) is 4. The lowest BCUT2D eigenvalue weighted by atomic mass is 9.83. The van der Waals surface area contributed by atoms with Crippen molar-refractivity contribution in [1.29, 1.82) is 0 Å². The summed E-state index contributed by atoms with van der Waals surface area (Å²) in [5, 5.41) is 0. The topological polar surface area (TPSA) is 55.8 Å². The SMILES string of the molecule is COc1ccccc1C1CC(=O)N(Cc2ccc(F)c(F)c2)C(C)=C1C(=O)OCC(C)C. The van der Waals surface area contributed by atoms with Crippen molar-refractivity contribution in [1.82, 2.24) is 4.90 Å². The van der Waals surface area contributed by atoms with Crippen LogP contribution in [0.5, 0.6) is 5.75 Å². The summed E-state index contributed by atoms with van der Waals surface area (Å²) in [6.07, 6.45) is 0.0213. The molecular formula is C25H27F2NO4. The molecule has 1 aliphatic heterocycles. The van der Waals surface area contributed by atoms with Crippen LogP contribution in [0, 0.1) is 17.6 Å². The first-order valence-corrected chi connectivity index (χ1v) is 10.5. The highest BCUT2D eigenvalue weighted by molar-refractivity contribution is 5.96. The van der Waals surface area contributed by atoms with Gasteiger partial charge in [0.2, 0.25) is 5.91 Å². The van der Waals surface area contributed by atoms with E-state index in [0.29, 0.717) is 28.1 Å². The smallest absolute Gasteiger partial charge is 0.336 e. The zero-order valence-electron chi connectivity index (χ0n) is 18.7. The van der Waals surface area contributed by atoms with Gasteiger partial charge in [-0.05, 0) is 36.6 Å². The molecule has 5 nitrogen and oxygen atoms in total. The summed E-state index contributed by atoms with van der Waals surface area (Å²) in [6.45, 7) is 5.80. The molecule has 0 saturated carbocycles. The molecule has 0 N–H and O–H groups in total. The Morgan fingerprint density at radius 2 is 1.88 bits per heavy atom. The van der Waals surface area contributed by atoms with Crippen molar-refractivity contribution in [2.24, 2.45) is 5.92 Å². The predicted octanol–water partition coefficient (Wildman–Crippen LogP) is 4.96. The fourth-order valence-electron chi connectivity index (χ4n) is 3.83. The maximum Gasteiger partial charge on any atom is 0.336 e. The van der Waals surface area contributed by atoms with Gasteiger partial charge in [-0.25, -0.2) is 13.6 Å². The van der Waals surface area contributed by atoms with Crippen LogP contribution in [0.25, 0.3) is 0 Å². The zero-order valence-corrected chi connectivity index (χ0v) is 18.7. The number of para-hydroxylation sites is 1. The standard InChI is InChI=1S/C25H27F2NO4/c1-15(2)14-32-25(30)24-16(3)28(13-17-9-10-20(26)21(27)11-17)23(29)12-19(24)18-7-5-6-8-22(18)31-4/h5-11,15,19H,12-14H2,1-4H3. The highest BCUT2D eigenvalue weighted by Crippen LogP contribution is 2.41. The van der Waals surface area contributed by atoms with E-state index in [-0.39, 0.29) is 31.4 Å². The fraction of sp³-hybridized carbons (Fsp3) is 0.360. The van der Waals surface area contributed by atoms with Crippen LogP contribution in [0.2, 0.25) is 0 Å². The summed E-state index contributed by atoms with van der Waals surface area (Å²) < 4.78 is 38.0. The predicted molar refractivity (Wildman–Crippen MR) is 116 cm³/mol. The Bertz CT molecular complexity index is 1050. The van der Waals surface area contributed by atoms with Gasteiger partial charge in [-0.1, -0.05) is 38.1 Å². The molecule has 0 aliphatic carbocycles. The molecule has 170 valence electrons. The van der Waals surface area contributed by atoms with E-state index in [0.717, 1.165) is 12.1 Å². The van der Waals surface area contributed by atoms with Crippen molar-refractivity contribution >= 4 is 11.9 Å². The molecule has 0 aromatic heterocycles. The Morgan fingerprint density at radius 1 is 1.16 bits per heavy atom. The molecule has 2 aromatic rings. The second kappa shape index (κ2) is 9.94. The van der Waals surface area contributed by atoms with E-state index in [4.69, 9.17) is 9.47 Å². The Morgan fingerprint density at radius 3 is 2.53 bits per heavy atom.